The van der Waals surface area contributed by atoms with Crippen LogP contribution in [0, 0.1) is 0 Å². The van der Waals surface area contributed by atoms with Crippen LogP contribution in [0.3, 0.4) is 0 Å². The van der Waals surface area contributed by atoms with Gasteiger partial charge in [0.15, 0.2) is 11.5 Å². The Labute approximate surface area is 209 Å². The van der Waals surface area contributed by atoms with E-state index in [-0.39, 0.29) is 18.3 Å². The molecule has 2 aromatic heterocycles. The van der Waals surface area contributed by atoms with Crippen LogP contribution in [0.2, 0.25) is 0 Å². The van der Waals surface area contributed by atoms with Crippen molar-refractivity contribution in [2.45, 2.75) is 0 Å². The number of carbonyl (C=O) groups is 1. The molecule has 0 spiro atoms. The van der Waals surface area contributed by atoms with Gasteiger partial charge in [-0.05, 0) is 43.9 Å². The molecule has 182 valence electrons. The first-order valence-electron chi connectivity index (χ1n) is 10.7. The maximum absolute atomic E-state index is 12.2. The summed E-state index contributed by atoms with van der Waals surface area (Å²) in [5, 5.41) is 12.4. The monoisotopic (exact) mass is 494 g/mol. The highest BCUT2D eigenvalue weighted by molar-refractivity contribution is 5.95. The number of hydrogen-bond acceptors (Lipinski definition) is 8. The Kier molecular flexibility index (Phi) is 8.71. The van der Waals surface area contributed by atoms with E-state index in [0.29, 0.717) is 23.6 Å². The molecule has 2 aromatic carbocycles. The number of carbonyl (C=O) groups excluding carboxylic acids is 1. The number of rotatable bonds is 9. The van der Waals surface area contributed by atoms with Crippen molar-refractivity contribution in [2.24, 2.45) is 5.10 Å². The molecule has 10 nitrogen and oxygen atoms in total. The smallest absolute Gasteiger partial charge is 0.251 e. The molecule has 0 aliphatic rings. The lowest BCUT2D eigenvalue weighted by atomic mass is 10.1. The molecule has 0 unspecified atom stereocenters. The Balaban J connectivity index is 0.00000342. The normalized spacial score (nSPS) is 11.0. The highest BCUT2D eigenvalue weighted by Gasteiger charge is 2.11. The van der Waals surface area contributed by atoms with Crippen LogP contribution in [0.25, 0.3) is 16.7 Å². The fourth-order valence-corrected chi connectivity index (χ4v) is 3.25. The number of hydrazone groups is 1. The molecule has 0 fully saturated rings. The van der Waals surface area contributed by atoms with Crippen molar-refractivity contribution in [1.82, 2.24) is 30.0 Å². The van der Waals surface area contributed by atoms with E-state index in [1.807, 2.05) is 55.4 Å². The lowest BCUT2D eigenvalue weighted by molar-refractivity contribution is 0.0951. The van der Waals surface area contributed by atoms with Gasteiger partial charge in [0.1, 0.15) is 12.1 Å². The number of ether oxygens (including phenoxy) is 1. The number of hydrogen-bond donors (Lipinski definition) is 2. The second kappa shape index (κ2) is 11.9. The van der Waals surface area contributed by atoms with Gasteiger partial charge in [0.2, 0.25) is 0 Å². The van der Waals surface area contributed by atoms with E-state index in [4.69, 9.17) is 4.74 Å². The lowest BCUT2D eigenvalue weighted by Gasteiger charge is -2.10. The maximum Gasteiger partial charge on any atom is 0.251 e. The molecule has 0 bridgehead atoms. The SMILES string of the molecule is COc1cccc(-n2ncc3c(N/N=C\c4ccc(C(=O)NCCN(C)C)cc4)ncnc32)c1.Cl. The van der Waals surface area contributed by atoms with Gasteiger partial charge in [-0.25, -0.2) is 14.6 Å². The van der Waals surface area contributed by atoms with Crippen molar-refractivity contribution >= 4 is 41.4 Å². The third-order valence-corrected chi connectivity index (χ3v) is 5.07. The summed E-state index contributed by atoms with van der Waals surface area (Å²) in [6.45, 7) is 1.39. The molecule has 0 radical (unpaired) electrons. The molecule has 1 amide bonds. The van der Waals surface area contributed by atoms with Crippen molar-refractivity contribution in [3.8, 4) is 11.4 Å². The van der Waals surface area contributed by atoms with Gasteiger partial charge < -0.3 is 15.0 Å². The van der Waals surface area contributed by atoms with Gasteiger partial charge in [-0.2, -0.15) is 10.2 Å². The number of halogens is 1. The Morgan fingerprint density at radius 3 is 2.71 bits per heavy atom. The van der Waals surface area contributed by atoms with E-state index in [1.165, 1.54) is 6.33 Å². The first-order valence-corrected chi connectivity index (χ1v) is 10.7. The molecule has 4 aromatic rings. The standard InChI is InChI=1S/C24H26N8O2.ClH/c1-31(2)12-11-25-24(33)18-9-7-17(8-10-18)14-28-30-22-21-15-29-32(23(21)27-16-26-22)19-5-4-6-20(13-19)34-3;/h4-10,13-16H,11-12H2,1-3H3,(H,25,33)(H,26,27,30);1H/b28-14-;. The minimum absolute atomic E-state index is 0. The van der Waals surface area contributed by atoms with Crippen molar-refractivity contribution in [3.05, 3.63) is 72.2 Å². The van der Waals surface area contributed by atoms with Crippen LogP contribution in [0.4, 0.5) is 5.82 Å². The van der Waals surface area contributed by atoms with Crippen molar-refractivity contribution in [1.29, 1.82) is 0 Å². The fourth-order valence-electron chi connectivity index (χ4n) is 3.25. The average Bonchev–Trinajstić information content (AvgIpc) is 3.29. The summed E-state index contributed by atoms with van der Waals surface area (Å²) in [5.74, 6) is 1.17. The largest absolute Gasteiger partial charge is 0.497 e. The molecule has 11 heteroatoms. The fraction of sp³-hybridized carbons (Fsp3) is 0.208. The van der Waals surface area contributed by atoms with Gasteiger partial charge >= 0.3 is 0 Å². The second-order valence-electron chi connectivity index (χ2n) is 7.77. The molecule has 0 aliphatic heterocycles. The highest BCUT2D eigenvalue weighted by atomic mass is 35.5. The quantitative estimate of drug-likeness (QED) is 0.272. The summed E-state index contributed by atoms with van der Waals surface area (Å²) in [7, 11) is 5.55. The van der Waals surface area contributed by atoms with Crippen LogP contribution < -0.4 is 15.5 Å². The van der Waals surface area contributed by atoms with Gasteiger partial charge in [-0.3, -0.25) is 10.2 Å². The lowest BCUT2D eigenvalue weighted by Crippen LogP contribution is -2.31. The topological polar surface area (TPSA) is 110 Å². The average molecular weight is 495 g/mol. The Hall–Kier alpha value is -4.02. The molecular formula is C24H27ClN8O2. The molecule has 2 N–H and O–H groups in total. The Morgan fingerprint density at radius 2 is 1.97 bits per heavy atom. The number of nitrogens with one attached hydrogen (secondary N) is 2. The van der Waals surface area contributed by atoms with Crippen molar-refractivity contribution in [2.75, 3.05) is 39.7 Å². The van der Waals surface area contributed by atoms with Crippen LogP contribution >= 0.6 is 12.4 Å². The van der Waals surface area contributed by atoms with E-state index in [2.05, 4.69) is 30.9 Å². The molecule has 0 aliphatic carbocycles. The van der Waals surface area contributed by atoms with Gasteiger partial charge in [-0.1, -0.05) is 18.2 Å². The third-order valence-electron chi connectivity index (χ3n) is 5.07. The predicted molar refractivity (Wildman–Crippen MR) is 139 cm³/mol. The second-order valence-corrected chi connectivity index (χ2v) is 7.77. The van der Waals surface area contributed by atoms with Gasteiger partial charge in [-0.15, -0.1) is 12.4 Å². The molecular weight excluding hydrogens is 468 g/mol. The van der Waals surface area contributed by atoms with Crippen LogP contribution in [0.5, 0.6) is 5.75 Å². The number of aromatic nitrogens is 4. The van der Waals surface area contributed by atoms with Gasteiger partial charge in [0.25, 0.3) is 5.91 Å². The minimum atomic E-state index is -0.0973. The number of fused-ring (bicyclic) bond motifs is 1. The first kappa shape index (κ1) is 25.6. The summed E-state index contributed by atoms with van der Waals surface area (Å²) in [6, 6.07) is 14.8. The molecule has 2 heterocycles. The molecule has 0 saturated heterocycles. The summed E-state index contributed by atoms with van der Waals surface area (Å²) in [6.07, 6.45) is 4.81. The summed E-state index contributed by atoms with van der Waals surface area (Å²) < 4.78 is 7.02. The van der Waals surface area contributed by atoms with Crippen LogP contribution in [-0.4, -0.2) is 71.1 Å². The Bertz CT molecular complexity index is 1300. The number of methoxy groups -OCH3 is 1. The number of anilines is 1. The minimum Gasteiger partial charge on any atom is -0.497 e. The van der Waals surface area contributed by atoms with Crippen LogP contribution in [0.1, 0.15) is 15.9 Å². The van der Waals surface area contributed by atoms with Crippen LogP contribution in [-0.2, 0) is 0 Å². The van der Waals surface area contributed by atoms with Crippen molar-refractivity contribution in [3.63, 3.8) is 0 Å². The van der Waals surface area contributed by atoms with E-state index in [0.717, 1.165) is 28.9 Å². The van der Waals surface area contributed by atoms with E-state index in [1.54, 1.807) is 36.3 Å². The molecule has 35 heavy (non-hydrogen) atoms. The zero-order chi connectivity index (χ0) is 23.9. The number of nitrogens with zero attached hydrogens (tertiary/aromatic N) is 6. The predicted octanol–water partition coefficient (Wildman–Crippen LogP) is 2.98. The van der Waals surface area contributed by atoms with E-state index in [9.17, 15) is 4.79 Å². The maximum atomic E-state index is 12.2. The van der Waals surface area contributed by atoms with E-state index < -0.39 is 0 Å². The van der Waals surface area contributed by atoms with Gasteiger partial charge in [0, 0.05) is 24.7 Å². The zero-order valence-electron chi connectivity index (χ0n) is 19.7. The van der Waals surface area contributed by atoms with Crippen molar-refractivity contribution < 1.29 is 9.53 Å². The van der Waals surface area contributed by atoms with Crippen LogP contribution in [0.15, 0.2) is 66.2 Å². The van der Waals surface area contributed by atoms with Gasteiger partial charge in [0.05, 0.1) is 30.6 Å². The number of benzene rings is 2. The first-order chi connectivity index (χ1) is 16.5. The molecule has 0 atom stereocenters. The molecule has 0 saturated carbocycles. The van der Waals surface area contributed by atoms with E-state index >= 15 is 0 Å². The Morgan fingerprint density at radius 1 is 1.17 bits per heavy atom. The summed E-state index contributed by atoms with van der Waals surface area (Å²) in [4.78, 5) is 22.9. The highest BCUT2D eigenvalue weighted by Crippen LogP contribution is 2.23. The summed E-state index contributed by atoms with van der Waals surface area (Å²) in [5.41, 5.74) is 5.87. The molecule has 4 rings (SSSR count). The number of likely N-dealkylation sites (N-methyl/N-ethyl adjacent to an activating group) is 1. The summed E-state index contributed by atoms with van der Waals surface area (Å²) >= 11 is 0. The zero-order valence-corrected chi connectivity index (χ0v) is 20.5. The third kappa shape index (κ3) is 6.31. The number of amides is 1.